The van der Waals surface area contributed by atoms with Gasteiger partial charge in [-0.25, -0.2) is 4.79 Å². The molecule has 1 aliphatic carbocycles. The van der Waals surface area contributed by atoms with E-state index in [2.05, 4.69) is 26.1 Å². The lowest BCUT2D eigenvalue weighted by molar-refractivity contribution is -0.139. The van der Waals surface area contributed by atoms with Gasteiger partial charge in [0.2, 0.25) is 5.91 Å². The molecule has 1 aliphatic rings. The van der Waals surface area contributed by atoms with Crippen LogP contribution in [0.4, 0.5) is 4.79 Å². The Morgan fingerprint density at radius 1 is 1.00 bits per heavy atom. The van der Waals surface area contributed by atoms with E-state index in [1.165, 1.54) is 0 Å². The minimum Gasteiger partial charge on any atom is -0.465 e. The fraction of sp³-hybridized carbons (Fsp3) is 0.462. The molecule has 0 heterocycles. The minimum atomic E-state index is -1.02. The van der Waals surface area contributed by atoms with Crippen LogP contribution in [0.5, 0.6) is 0 Å². The van der Waals surface area contributed by atoms with Gasteiger partial charge < -0.3 is 15.3 Å². The Balaban J connectivity index is 1.86. The molecule has 0 radical (unpaired) electrons. The van der Waals surface area contributed by atoms with Crippen LogP contribution in [-0.2, 0) is 17.9 Å². The predicted molar refractivity (Wildman–Crippen MR) is 122 cm³/mol. The summed E-state index contributed by atoms with van der Waals surface area (Å²) in [6.07, 6.45) is 1.88. The van der Waals surface area contributed by atoms with E-state index in [9.17, 15) is 14.7 Å². The van der Waals surface area contributed by atoms with Crippen molar-refractivity contribution in [1.82, 2.24) is 10.2 Å². The quantitative estimate of drug-likeness (QED) is 0.650. The molecule has 0 saturated heterocycles. The van der Waals surface area contributed by atoms with Crippen LogP contribution in [-0.4, -0.2) is 27.5 Å². The Hall–Kier alpha value is -2.82. The number of carbonyl (C=O) groups excluding carboxylic acids is 1. The van der Waals surface area contributed by atoms with Gasteiger partial charge in [-0.1, -0.05) is 87.9 Å². The second-order valence-corrected chi connectivity index (χ2v) is 9.72. The molecule has 5 nitrogen and oxygen atoms in total. The molecule has 2 aromatic rings. The van der Waals surface area contributed by atoms with Crippen molar-refractivity contribution in [3.8, 4) is 0 Å². The van der Waals surface area contributed by atoms with E-state index in [1.807, 2.05) is 65.6 Å². The average molecular weight is 423 g/mol. The van der Waals surface area contributed by atoms with Crippen LogP contribution in [0.2, 0.25) is 0 Å². The zero-order valence-corrected chi connectivity index (χ0v) is 18.8. The maximum absolute atomic E-state index is 13.8. The van der Waals surface area contributed by atoms with Gasteiger partial charge in [-0.15, -0.1) is 0 Å². The number of hydrogen-bond donors (Lipinski definition) is 2. The first-order chi connectivity index (χ1) is 14.7. The van der Waals surface area contributed by atoms with Gasteiger partial charge in [0.15, 0.2) is 0 Å². The van der Waals surface area contributed by atoms with E-state index >= 15 is 0 Å². The van der Waals surface area contributed by atoms with Crippen LogP contribution in [0.1, 0.15) is 57.6 Å². The van der Waals surface area contributed by atoms with Crippen molar-refractivity contribution in [3.05, 3.63) is 71.8 Å². The first-order valence-electron chi connectivity index (χ1n) is 11.1. The summed E-state index contributed by atoms with van der Waals surface area (Å²) in [5.41, 5.74) is 1.29. The monoisotopic (exact) mass is 422 g/mol. The molecule has 5 heteroatoms. The number of carboxylic acid groups (broad SMARTS) is 1. The highest BCUT2D eigenvalue weighted by Crippen LogP contribution is 2.44. The third-order valence-corrected chi connectivity index (χ3v) is 6.63. The smallest absolute Gasteiger partial charge is 0.405 e. The molecule has 31 heavy (non-hydrogen) atoms. The SMILES string of the molecule is CC(C)(C)C1(NC(=O)O)CCCC(C(=O)N(Cc2ccccc2)Cc2ccccc2)C1. The molecule has 0 bridgehead atoms. The van der Waals surface area contributed by atoms with E-state index in [0.717, 1.165) is 30.4 Å². The first-order valence-corrected chi connectivity index (χ1v) is 11.1. The van der Waals surface area contributed by atoms with E-state index in [-0.39, 0.29) is 17.2 Å². The summed E-state index contributed by atoms with van der Waals surface area (Å²) >= 11 is 0. The minimum absolute atomic E-state index is 0.105. The summed E-state index contributed by atoms with van der Waals surface area (Å²) in [5.74, 6) is -0.0968. The van der Waals surface area contributed by atoms with Gasteiger partial charge in [-0.2, -0.15) is 0 Å². The molecule has 2 amide bonds. The van der Waals surface area contributed by atoms with E-state index in [4.69, 9.17) is 0 Å². The second kappa shape index (κ2) is 9.54. The standard InChI is InChI=1S/C26H34N2O3/c1-25(2,3)26(27-24(30)31)16-10-15-22(17-26)23(29)28(18-20-11-6-4-7-12-20)19-21-13-8-5-9-14-21/h4-9,11-14,22,27H,10,15-19H2,1-3H3,(H,30,31). The number of carbonyl (C=O) groups is 2. The summed E-state index contributed by atoms with van der Waals surface area (Å²) in [6.45, 7) is 7.25. The van der Waals surface area contributed by atoms with Gasteiger partial charge in [-0.3, -0.25) is 4.79 Å². The zero-order valence-electron chi connectivity index (χ0n) is 18.8. The van der Waals surface area contributed by atoms with Gasteiger partial charge in [-0.05, 0) is 35.8 Å². The van der Waals surface area contributed by atoms with Crippen molar-refractivity contribution < 1.29 is 14.7 Å². The van der Waals surface area contributed by atoms with E-state index in [0.29, 0.717) is 19.5 Å². The highest BCUT2D eigenvalue weighted by atomic mass is 16.4. The van der Waals surface area contributed by atoms with Gasteiger partial charge >= 0.3 is 6.09 Å². The van der Waals surface area contributed by atoms with Crippen molar-refractivity contribution >= 4 is 12.0 Å². The van der Waals surface area contributed by atoms with Crippen LogP contribution >= 0.6 is 0 Å². The molecule has 2 N–H and O–H groups in total. The van der Waals surface area contributed by atoms with Crippen LogP contribution in [0.3, 0.4) is 0 Å². The second-order valence-electron chi connectivity index (χ2n) is 9.72. The third-order valence-electron chi connectivity index (χ3n) is 6.63. The van der Waals surface area contributed by atoms with Crippen LogP contribution < -0.4 is 5.32 Å². The Labute approximate surface area is 185 Å². The van der Waals surface area contributed by atoms with Crippen molar-refractivity contribution in [2.24, 2.45) is 11.3 Å². The summed E-state index contributed by atoms with van der Waals surface area (Å²) < 4.78 is 0. The molecular weight excluding hydrogens is 388 g/mol. The molecular formula is C26H34N2O3. The molecule has 1 saturated carbocycles. The summed E-state index contributed by atoms with van der Waals surface area (Å²) in [5, 5.41) is 12.3. The molecule has 166 valence electrons. The number of rotatable bonds is 6. The maximum Gasteiger partial charge on any atom is 0.405 e. The van der Waals surface area contributed by atoms with E-state index < -0.39 is 11.6 Å². The molecule has 3 rings (SSSR count). The van der Waals surface area contributed by atoms with Gasteiger partial charge in [0.05, 0.1) is 0 Å². The lowest BCUT2D eigenvalue weighted by Crippen LogP contribution is -2.60. The van der Waals surface area contributed by atoms with Crippen molar-refractivity contribution in [3.63, 3.8) is 0 Å². The Bertz CT molecular complexity index is 835. The molecule has 1 fully saturated rings. The summed E-state index contributed by atoms with van der Waals surface area (Å²) in [7, 11) is 0. The van der Waals surface area contributed by atoms with Gasteiger partial charge in [0.1, 0.15) is 0 Å². The first kappa shape index (κ1) is 22.9. The maximum atomic E-state index is 13.8. The van der Waals surface area contributed by atoms with Crippen LogP contribution in [0, 0.1) is 11.3 Å². The molecule has 2 atom stereocenters. The fourth-order valence-corrected chi connectivity index (χ4v) is 4.75. The average Bonchev–Trinajstić information content (AvgIpc) is 2.73. The number of benzene rings is 2. The fourth-order valence-electron chi connectivity index (χ4n) is 4.75. The predicted octanol–water partition coefficient (Wildman–Crippen LogP) is 5.46. The Kier molecular flexibility index (Phi) is 7.04. The number of amides is 2. The molecule has 0 aromatic heterocycles. The number of nitrogens with one attached hydrogen (secondary N) is 1. The number of nitrogens with zero attached hydrogens (tertiary/aromatic N) is 1. The normalized spacial score (nSPS) is 21.3. The largest absolute Gasteiger partial charge is 0.465 e. The number of hydrogen-bond acceptors (Lipinski definition) is 2. The van der Waals surface area contributed by atoms with Crippen LogP contribution in [0.15, 0.2) is 60.7 Å². The van der Waals surface area contributed by atoms with Gasteiger partial charge in [0.25, 0.3) is 0 Å². The topological polar surface area (TPSA) is 69.6 Å². The van der Waals surface area contributed by atoms with Crippen molar-refractivity contribution in [1.29, 1.82) is 0 Å². The van der Waals surface area contributed by atoms with Gasteiger partial charge in [0, 0.05) is 24.5 Å². The Morgan fingerprint density at radius 3 is 1.97 bits per heavy atom. The third kappa shape index (κ3) is 5.66. The highest BCUT2D eigenvalue weighted by Gasteiger charge is 2.48. The van der Waals surface area contributed by atoms with E-state index in [1.54, 1.807) is 0 Å². The van der Waals surface area contributed by atoms with Crippen molar-refractivity contribution in [2.45, 2.75) is 65.1 Å². The Morgan fingerprint density at radius 2 is 1.52 bits per heavy atom. The van der Waals surface area contributed by atoms with Crippen LogP contribution in [0.25, 0.3) is 0 Å². The lowest BCUT2D eigenvalue weighted by Gasteiger charge is -2.49. The van der Waals surface area contributed by atoms with Crippen molar-refractivity contribution in [2.75, 3.05) is 0 Å². The molecule has 0 aliphatic heterocycles. The summed E-state index contributed by atoms with van der Waals surface area (Å²) in [6, 6.07) is 20.1. The summed E-state index contributed by atoms with van der Waals surface area (Å²) in [4.78, 5) is 27.3. The zero-order chi connectivity index (χ0) is 22.5. The molecule has 2 unspecified atom stereocenters. The highest BCUT2D eigenvalue weighted by molar-refractivity contribution is 5.79. The molecule has 2 aromatic carbocycles. The molecule has 0 spiro atoms. The lowest BCUT2D eigenvalue weighted by atomic mass is 9.62.